The number of nitriles is 2. The normalized spacial score (nSPS) is 23.5. The standard InChI is InChI=1S/C22H25N5O/c1-3-18-7-8-20(15-24)27(18)21(28)16-25-22(2)9-11-26(12-10-22)19-6-4-5-17(13-19)14-23/h1,4-6,13,18,20,25H,7-12,16H2,2H3. The van der Waals surface area contributed by atoms with Crippen LogP contribution in [0.4, 0.5) is 5.69 Å². The highest BCUT2D eigenvalue weighted by Gasteiger charge is 2.37. The number of nitrogens with one attached hydrogen (secondary N) is 1. The second kappa shape index (κ2) is 8.34. The Kier molecular flexibility index (Phi) is 5.88. The van der Waals surface area contributed by atoms with Crippen LogP contribution in [0.1, 0.15) is 38.2 Å². The smallest absolute Gasteiger partial charge is 0.238 e. The molecule has 2 aliphatic rings. The molecule has 0 spiro atoms. The highest BCUT2D eigenvalue weighted by Crippen LogP contribution is 2.27. The number of carbonyl (C=O) groups is 1. The Labute approximate surface area is 166 Å². The van der Waals surface area contributed by atoms with Crippen LogP contribution in [0.25, 0.3) is 0 Å². The molecule has 1 aromatic carbocycles. The van der Waals surface area contributed by atoms with Crippen molar-refractivity contribution in [3.8, 4) is 24.5 Å². The zero-order chi connectivity index (χ0) is 20.1. The minimum absolute atomic E-state index is 0.0997. The summed E-state index contributed by atoms with van der Waals surface area (Å²) in [6.07, 6.45) is 8.64. The number of hydrogen-bond donors (Lipinski definition) is 1. The minimum Gasteiger partial charge on any atom is -0.371 e. The molecular weight excluding hydrogens is 350 g/mol. The number of anilines is 1. The van der Waals surface area contributed by atoms with Gasteiger partial charge in [0, 0.05) is 24.3 Å². The fourth-order valence-electron chi connectivity index (χ4n) is 4.04. The number of hydrogen-bond acceptors (Lipinski definition) is 5. The predicted octanol–water partition coefficient (Wildman–Crippen LogP) is 2.02. The first-order valence-electron chi connectivity index (χ1n) is 9.67. The largest absolute Gasteiger partial charge is 0.371 e. The van der Waals surface area contributed by atoms with Crippen molar-refractivity contribution >= 4 is 11.6 Å². The van der Waals surface area contributed by atoms with Gasteiger partial charge < -0.3 is 15.1 Å². The molecule has 0 aliphatic carbocycles. The van der Waals surface area contributed by atoms with Crippen LogP contribution >= 0.6 is 0 Å². The molecule has 0 bridgehead atoms. The van der Waals surface area contributed by atoms with E-state index in [2.05, 4.69) is 35.2 Å². The molecule has 6 heteroatoms. The molecule has 1 amide bonds. The molecule has 2 aliphatic heterocycles. The first-order valence-corrected chi connectivity index (χ1v) is 9.67. The zero-order valence-corrected chi connectivity index (χ0v) is 16.2. The Morgan fingerprint density at radius 3 is 2.64 bits per heavy atom. The Morgan fingerprint density at radius 2 is 2.00 bits per heavy atom. The summed E-state index contributed by atoms with van der Waals surface area (Å²) >= 11 is 0. The zero-order valence-electron chi connectivity index (χ0n) is 16.2. The Balaban J connectivity index is 1.56. The lowest BCUT2D eigenvalue weighted by molar-refractivity contribution is -0.131. The van der Waals surface area contributed by atoms with Gasteiger partial charge in [0.2, 0.25) is 5.91 Å². The van der Waals surface area contributed by atoms with E-state index in [1.54, 1.807) is 11.0 Å². The number of benzene rings is 1. The van der Waals surface area contributed by atoms with Crippen LogP contribution in [0, 0.1) is 35.0 Å². The van der Waals surface area contributed by atoms with Crippen molar-refractivity contribution in [1.29, 1.82) is 10.5 Å². The minimum atomic E-state index is -0.419. The molecule has 0 radical (unpaired) electrons. The second-order valence-corrected chi connectivity index (χ2v) is 7.77. The van der Waals surface area contributed by atoms with Gasteiger partial charge in [-0.15, -0.1) is 6.42 Å². The van der Waals surface area contributed by atoms with Crippen molar-refractivity contribution < 1.29 is 4.79 Å². The van der Waals surface area contributed by atoms with Gasteiger partial charge in [-0.25, -0.2) is 0 Å². The summed E-state index contributed by atoms with van der Waals surface area (Å²) in [6.45, 7) is 4.03. The molecule has 1 N–H and O–H groups in total. The van der Waals surface area contributed by atoms with Gasteiger partial charge in [0.05, 0.1) is 30.3 Å². The summed E-state index contributed by atoms with van der Waals surface area (Å²) in [6, 6.07) is 11.3. The summed E-state index contributed by atoms with van der Waals surface area (Å²) in [5, 5.41) is 21.8. The van der Waals surface area contributed by atoms with Crippen molar-refractivity contribution in [3.63, 3.8) is 0 Å². The van der Waals surface area contributed by atoms with Gasteiger partial charge in [-0.3, -0.25) is 4.79 Å². The summed E-state index contributed by atoms with van der Waals surface area (Å²) in [4.78, 5) is 16.5. The summed E-state index contributed by atoms with van der Waals surface area (Å²) in [5.74, 6) is 2.54. The van der Waals surface area contributed by atoms with Gasteiger partial charge in [0.15, 0.2) is 0 Å². The van der Waals surface area contributed by atoms with E-state index in [-0.39, 0.29) is 24.0 Å². The van der Waals surface area contributed by atoms with E-state index in [0.29, 0.717) is 18.4 Å². The third-order valence-corrected chi connectivity index (χ3v) is 5.89. The van der Waals surface area contributed by atoms with E-state index in [1.165, 1.54) is 0 Å². The van der Waals surface area contributed by atoms with Gasteiger partial charge in [-0.1, -0.05) is 12.0 Å². The average Bonchev–Trinajstić information content (AvgIpc) is 3.16. The van der Waals surface area contributed by atoms with E-state index >= 15 is 0 Å². The summed E-state index contributed by atoms with van der Waals surface area (Å²) in [7, 11) is 0. The molecule has 6 nitrogen and oxygen atoms in total. The van der Waals surface area contributed by atoms with Gasteiger partial charge >= 0.3 is 0 Å². The van der Waals surface area contributed by atoms with Crippen LogP contribution in [-0.2, 0) is 4.79 Å². The van der Waals surface area contributed by atoms with Crippen molar-refractivity contribution in [1.82, 2.24) is 10.2 Å². The topological polar surface area (TPSA) is 83.2 Å². The molecule has 2 heterocycles. The highest BCUT2D eigenvalue weighted by molar-refractivity contribution is 5.80. The number of carbonyl (C=O) groups excluding carboxylic acids is 1. The van der Waals surface area contributed by atoms with Crippen LogP contribution in [0.5, 0.6) is 0 Å². The van der Waals surface area contributed by atoms with Gasteiger partial charge in [0.1, 0.15) is 6.04 Å². The molecule has 28 heavy (non-hydrogen) atoms. The molecule has 2 saturated heterocycles. The van der Waals surface area contributed by atoms with E-state index in [4.69, 9.17) is 11.7 Å². The van der Waals surface area contributed by atoms with Crippen molar-refractivity contribution in [2.75, 3.05) is 24.5 Å². The molecule has 3 rings (SSSR count). The van der Waals surface area contributed by atoms with E-state index in [0.717, 1.165) is 31.6 Å². The quantitative estimate of drug-likeness (QED) is 0.814. The number of piperidine rings is 1. The molecule has 0 saturated carbocycles. The lowest BCUT2D eigenvalue weighted by Gasteiger charge is -2.41. The Bertz CT molecular complexity index is 829. The van der Waals surface area contributed by atoms with E-state index in [1.807, 2.05) is 18.2 Å². The number of amides is 1. The summed E-state index contributed by atoms with van der Waals surface area (Å²) in [5.41, 5.74) is 1.57. The maximum absolute atomic E-state index is 12.7. The first-order chi connectivity index (χ1) is 13.5. The molecule has 0 aromatic heterocycles. The van der Waals surface area contributed by atoms with Crippen LogP contribution < -0.4 is 10.2 Å². The predicted molar refractivity (Wildman–Crippen MR) is 107 cm³/mol. The summed E-state index contributed by atoms with van der Waals surface area (Å²) < 4.78 is 0. The van der Waals surface area contributed by atoms with Crippen LogP contribution in [-0.4, -0.2) is 48.1 Å². The maximum Gasteiger partial charge on any atom is 0.238 e. The number of terminal acetylenes is 1. The van der Waals surface area contributed by atoms with Crippen LogP contribution in [0.3, 0.4) is 0 Å². The van der Waals surface area contributed by atoms with Crippen molar-refractivity contribution in [3.05, 3.63) is 29.8 Å². The molecule has 2 fully saturated rings. The average molecular weight is 375 g/mol. The van der Waals surface area contributed by atoms with Crippen molar-refractivity contribution in [2.45, 2.75) is 50.2 Å². The van der Waals surface area contributed by atoms with E-state index in [9.17, 15) is 10.1 Å². The lowest BCUT2D eigenvalue weighted by atomic mass is 9.89. The Hall–Kier alpha value is -3.01. The molecule has 1 aromatic rings. The third kappa shape index (κ3) is 4.11. The molecule has 144 valence electrons. The van der Waals surface area contributed by atoms with Gasteiger partial charge in [0.25, 0.3) is 0 Å². The number of rotatable bonds is 4. The molecular formula is C22H25N5O. The van der Waals surface area contributed by atoms with Gasteiger partial charge in [-0.2, -0.15) is 10.5 Å². The second-order valence-electron chi connectivity index (χ2n) is 7.77. The molecule has 2 atom stereocenters. The lowest BCUT2D eigenvalue weighted by Crippen LogP contribution is -2.55. The van der Waals surface area contributed by atoms with Crippen LogP contribution in [0.15, 0.2) is 24.3 Å². The SMILES string of the molecule is C#CC1CCC(C#N)N1C(=O)CNC1(C)CCN(c2cccc(C#N)c2)CC1. The third-order valence-electron chi connectivity index (χ3n) is 5.89. The monoisotopic (exact) mass is 375 g/mol. The van der Waals surface area contributed by atoms with Crippen molar-refractivity contribution in [2.24, 2.45) is 0 Å². The van der Waals surface area contributed by atoms with Crippen LogP contribution in [0.2, 0.25) is 0 Å². The fraction of sp³-hybridized carbons (Fsp3) is 0.500. The molecule has 2 unspecified atom stereocenters. The number of likely N-dealkylation sites (tertiary alicyclic amines) is 1. The number of nitrogens with zero attached hydrogens (tertiary/aromatic N) is 4. The highest BCUT2D eigenvalue weighted by atomic mass is 16.2. The van der Waals surface area contributed by atoms with E-state index < -0.39 is 6.04 Å². The van der Waals surface area contributed by atoms with Gasteiger partial charge in [-0.05, 0) is 50.8 Å². The fourth-order valence-corrected chi connectivity index (χ4v) is 4.04. The Morgan fingerprint density at radius 1 is 1.29 bits per heavy atom. The first kappa shape index (κ1) is 19.7. The maximum atomic E-state index is 12.7.